The molecule has 1 heteroatoms. The van der Waals surface area contributed by atoms with Crippen molar-refractivity contribution in [1.82, 2.24) is 5.32 Å². The van der Waals surface area contributed by atoms with Crippen molar-refractivity contribution in [1.29, 1.82) is 0 Å². The first-order chi connectivity index (χ1) is 5.35. The Hall–Kier alpha value is -0.560. The van der Waals surface area contributed by atoms with Gasteiger partial charge < -0.3 is 5.32 Å². The highest BCUT2D eigenvalue weighted by Gasteiger charge is 2.36. The standard InChI is InChI=1S/C10H15N/c1-2-9-7-10(8-11-9)5-3-4-6-10/h2-3,5,9,11H,1,4,6-8H2/t9-,10-/m0/s1. The van der Waals surface area contributed by atoms with Crippen molar-refractivity contribution in [2.75, 3.05) is 6.54 Å². The molecule has 0 aromatic rings. The lowest BCUT2D eigenvalue weighted by atomic mass is 9.85. The largest absolute Gasteiger partial charge is 0.310 e. The quantitative estimate of drug-likeness (QED) is 0.561. The molecule has 1 spiro atoms. The van der Waals surface area contributed by atoms with E-state index in [0.29, 0.717) is 11.5 Å². The molecule has 1 heterocycles. The first-order valence-electron chi connectivity index (χ1n) is 4.38. The van der Waals surface area contributed by atoms with Crippen molar-refractivity contribution in [3.63, 3.8) is 0 Å². The minimum Gasteiger partial charge on any atom is -0.310 e. The molecule has 2 atom stereocenters. The molecule has 2 aliphatic rings. The smallest absolute Gasteiger partial charge is 0.0256 e. The van der Waals surface area contributed by atoms with Crippen LogP contribution in [0.2, 0.25) is 0 Å². The number of nitrogens with one attached hydrogen (secondary N) is 1. The molecule has 11 heavy (non-hydrogen) atoms. The van der Waals surface area contributed by atoms with Crippen LogP contribution in [-0.4, -0.2) is 12.6 Å². The Bertz CT molecular complexity index is 195. The van der Waals surface area contributed by atoms with Gasteiger partial charge in [0.15, 0.2) is 0 Å². The summed E-state index contributed by atoms with van der Waals surface area (Å²) in [5.41, 5.74) is 0.499. The lowest BCUT2D eigenvalue weighted by Gasteiger charge is -2.18. The van der Waals surface area contributed by atoms with E-state index in [0.717, 1.165) is 6.54 Å². The zero-order valence-corrected chi connectivity index (χ0v) is 6.84. The van der Waals surface area contributed by atoms with Gasteiger partial charge in [-0.1, -0.05) is 18.2 Å². The van der Waals surface area contributed by atoms with Crippen LogP contribution in [0.5, 0.6) is 0 Å². The lowest BCUT2D eigenvalue weighted by molar-refractivity contribution is 0.414. The van der Waals surface area contributed by atoms with Crippen LogP contribution in [0.4, 0.5) is 0 Å². The predicted octanol–water partition coefficient (Wildman–Crippen LogP) is 1.87. The lowest BCUT2D eigenvalue weighted by Crippen LogP contribution is -2.20. The van der Waals surface area contributed by atoms with Crippen LogP contribution < -0.4 is 5.32 Å². The highest BCUT2D eigenvalue weighted by molar-refractivity contribution is 5.14. The average molecular weight is 149 g/mol. The van der Waals surface area contributed by atoms with Crippen LogP contribution in [-0.2, 0) is 0 Å². The van der Waals surface area contributed by atoms with Crippen molar-refractivity contribution < 1.29 is 0 Å². The molecule has 1 aliphatic carbocycles. The van der Waals surface area contributed by atoms with Gasteiger partial charge in [-0.3, -0.25) is 0 Å². The molecule has 0 radical (unpaired) electrons. The van der Waals surface area contributed by atoms with Crippen LogP contribution in [0.25, 0.3) is 0 Å². The molecular weight excluding hydrogens is 134 g/mol. The zero-order chi connectivity index (χ0) is 7.73. The molecule has 1 saturated heterocycles. The number of hydrogen-bond donors (Lipinski definition) is 1. The molecule has 0 amide bonds. The zero-order valence-electron chi connectivity index (χ0n) is 6.84. The number of hydrogen-bond acceptors (Lipinski definition) is 1. The number of rotatable bonds is 1. The number of allylic oxidation sites excluding steroid dienone is 1. The van der Waals surface area contributed by atoms with Crippen molar-refractivity contribution in [3.8, 4) is 0 Å². The summed E-state index contributed by atoms with van der Waals surface area (Å²) in [5, 5.41) is 3.47. The second-order valence-electron chi connectivity index (χ2n) is 3.73. The molecule has 1 nitrogen and oxygen atoms in total. The van der Waals surface area contributed by atoms with Gasteiger partial charge in [-0.2, -0.15) is 0 Å². The Morgan fingerprint density at radius 3 is 3.09 bits per heavy atom. The highest BCUT2D eigenvalue weighted by atomic mass is 15.0. The van der Waals surface area contributed by atoms with Crippen molar-refractivity contribution in [2.45, 2.75) is 25.3 Å². The van der Waals surface area contributed by atoms with E-state index in [2.05, 4.69) is 24.0 Å². The maximum absolute atomic E-state index is 3.81. The fourth-order valence-electron chi connectivity index (χ4n) is 2.19. The Morgan fingerprint density at radius 2 is 2.55 bits per heavy atom. The Kier molecular flexibility index (Phi) is 1.61. The van der Waals surface area contributed by atoms with E-state index in [9.17, 15) is 0 Å². The van der Waals surface area contributed by atoms with Crippen molar-refractivity contribution in [2.24, 2.45) is 5.41 Å². The molecule has 2 rings (SSSR count). The van der Waals surface area contributed by atoms with Gasteiger partial charge in [0.2, 0.25) is 0 Å². The normalized spacial score (nSPS) is 42.0. The SMILES string of the molecule is C=C[C@H]1C[C@@]2(C=CCC2)CN1. The molecule has 0 unspecified atom stereocenters. The second-order valence-corrected chi connectivity index (χ2v) is 3.73. The first kappa shape index (κ1) is 7.11. The highest BCUT2D eigenvalue weighted by Crippen LogP contribution is 2.39. The first-order valence-corrected chi connectivity index (χ1v) is 4.38. The fourth-order valence-corrected chi connectivity index (χ4v) is 2.19. The summed E-state index contributed by atoms with van der Waals surface area (Å²) in [5.74, 6) is 0. The summed E-state index contributed by atoms with van der Waals surface area (Å²) in [6.45, 7) is 4.96. The molecule has 1 N–H and O–H groups in total. The second kappa shape index (κ2) is 2.49. The van der Waals surface area contributed by atoms with Gasteiger partial charge in [-0.05, 0) is 19.3 Å². The third-order valence-electron chi connectivity index (χ3n) is 2.91. The topological polar surface area (TPSA) is 12.0 Å². The predicted molar refractivity (Wildman–Crippen MR) is 47.4 cm³/mol. The third-order valence-corrected chi connectivity index (χ3v) is 2.91. The van der Waals surface area contributed by atoms with Crippen LogP contribution >= 0.6 is 0 Å². The van der Waals surface area contributed by atoms with Gasteiger partial charge in [0.1, 0.15) is 0 Å². The minimum atomic E-state index is 0.499. The molecule has 1 aliphatic heterocycles. The van der Waals surface area contributed by atoms with E-state index < -0.39 is 0 Å². The monoisotopic (exact) mass is 149 g/mol. The van der Waals surface area contributed by atoms with Gasteiger partial charge in [-0.15, -0.1) is 6.58 Å². The molecule has 60 valence electrons. The molecular formula is C10H15N. The summed E-state index contributed by atoms with van der Waals surface area (Å²) >= 11 is 0. The van der Waals surface area contributed by atoms with Crippen LogP contribution in [0.15, 0.2) is 24.8 Å². The van der Waals surface area contributed by atoms with Gasteiger partial charge in [0.25, 0.3) is 0 Å². The molecule has 0 aromatic carbocycles. The Morgan fingerprint density at radius 1 is 1.64 bits per heavy atom. The summed E-state index contributed by atoms with van der Waals surface area (Å²) < 4.78 is 0. The molecule has 0 bridgehead atoms. The minimum absolute atomic E-state index is 0.499. The summed E-state index contributed by atoms with van der Waals surface area (Å²) in [6, 6.07) is 0.553. The summed E-state index contributed by atoms with van der Waals surface area (Å²) in [6.07, 6.45) is 10.6. The van der Waals surface area contributed by atoms with E-state index in [1.807, 2.05) is 6.08 Å². The van der Waals surface area contributed by atoms with E-state index in [1.165, 1.54) is 19.3 Å². The van der Waals surface area contributed by atoms with E-state index in [1.54, 1.807) is 0 Å². The van der Waals surface area contributed by atoms with Crippen LogP contribution in [0.3, 0.4) is 0 Å². The summed E-state index contributed by atoms with van der Waals surface area (Å²) in [7, 11) is 0. The van der Waals surface area contributed by atoms with Crippen LogP contribution in [0.1, 0.15) is 19.3 Å². The Balaban J connectivity index is 2.07. The summed E-state index contributed by atoms with van der Waals surface area (Å²) in [4.78, 5) is 0. The molecule has 0 aromatic heterocycles. The maximum atomic E-state index is 3.81. The average Bonchev–Trinajstić information content (AvgIpc) is 2.62. The van der Waals surface area contributed by atoms with E-state index in [-0.39, 0.29) is 0 Å². The van der Waals surface area contributed by atoms with Gasteiger partial charge in [0, 0.05) is 18.0 Å². The fraction of sp³-hybridized carbons (Fsp3) is 0.600. The van der Waals surface area contributed by atoms with E-state index >= 15 is 0 Å². The van der Waals surface area contributed by atoms with Gasteiger partial charge >= 0.3 is 0 Å². The van der Waals surface area contributed by atoms with Crippen molar-refractivity contribution >= 4 is 0 Å². The van der Waals surface area contributed by atoms with Crippen molar-refractivity contribution in [3.05, 3.63) is 24.8 Å². The van der Waals surface area contributed by atoms with Gasteiger partial charge in [-0.25, -0.2) is 0 Å². The Labute approximate surface area is 68.2 Å². The third kappa shape index (κ3) is 1.14. The molecule has 0 saturated carbocycles. The van der Waals surface area contributed by atoms with Crippen LogP contribution in [0, 0.1) is 5.41 Å². The maximum Gasteiger partial charge on any atom is 0.0256 e. The van der Waals surface area contributed by atoms with E-state index in [4.69, 9.17) is 0 Å². The molecule has 1 fully saturated rings. The van der Waals surface area contributed by atoms with Gasteiger partial charge in [0.05, 0.1) is 0 Å².